The lowest BCUT2D eigenvalue weighted by molar-refractivity contribution is 0.390. The van der Waals surface area contributed by atoms with Crippen LogP contribution in [0.25, 0.3) is 0 Å². The minimum atomic E-state index is 0.409. The molecule has 0 amide bonds. The van der Waals surface area contributed by atoms with Crippen molar-refractivity contribution < 1.29 is 9.47 Å². The van der Waals surface area contributed by atoms with Crippen LogP contribution in [0.1, 0.15) is 37.8 Å². The first-order chi connectivity index (χ1) is 8.76. The summed E-state index contributed by atoms with van der Waals surface area (Å²) >= 11 is 0. The Kier molecular flexibility index (Phi) is 4.48. The molecule has 1 aromatic rings. The van der Waals surface area contributed by atoms with Crippen molar-refractivity contribution in [3.8, 4) is 11.5 Å². The van der Waals surface area contributed by atoms with Crippen LogP contribution in [0.15, 0.2) is 18.2 Å². The summed E-state index contributed by atoms with van der Waals surface area (Å²) in [6.07, 6.45) is 3.97. The molecule has 100 valence electrons. The van der Waals surface area contributed by atoms with Crippen molar-refractivity contribution in [1.29, 1.82) is 0 Å². The zero-order valence-corrected chi connectivity index (χ0v) is 11.5. The maximum atomic E-state index is 5.34. The van der Waals surface area contributed by atoms with E-state index in [4.69, 9.17) is 9.47 Å². The van der Waals surface area contributed by atoms with E-state index in [1.54, 1.807) is 14.2 Å². The Morgan fingerprint density at radius 3 is 2.22 bits per heavy atom. The largest absolute Gasteiger partial charge is 0.497 e. The number of methoxy groups -OCH3 is 2. The molecule has 0 aromatic heterocycles. The van der Waals surface area contributed by atoms with Crippen LogP contribution in [0.3, 0.4) is 0 Å². The first-order valence-electron chi connectivity index (χ1n) is 6.73. The maximum Gasteiger partial charge on any atom is 0.122 e. The molecule has 0 saturated heterocycles. The minimum Gasteiger partial charge on any atom is -0.497 e. The minimum absolute atomic E-state index is 0.409. The van der Waals surface area contributed by atoms with Crippen molar-refractivity contribution >= 4 is 0 Å². The van der Waals surface area contributed by atoms with E-state index >= 15 is 0 Å². The average molecular weight is 249 g/mol. The zero-order chi connectivity index (χ0) is 13.0. The Balaban J connectivity index is 2.20. The molecule has 2 rings (SSSR count). The summed E-state index contributed by atoms with van der Waals surface area (Å²) in [4.78, 5) is 0. The quantitative estimate of drug-likeness (QED) is 0.805. The molecule has 1 N–H and O–H groups in total. The highest BCUT2D eigenvalue weighted by Crippen LogP contribution is 2.39. The van der Waals surface area contributed by atoms with Gasteiger partial charge in [-0.25, -0.2) is 0 Å². The molecule has 1 aromatic carbocycles. The second-order valence-corrected chi connectivity index (χ2v) is 4.94. The number of hydrogen-bond donors (Lipinski definition) is 1. The Hall–Kier alpha value is -1.22. The molecule has 1 aliphatic carbocycles. The van der Waals surface area contributed by atoms with Crippen LogP contribution in [0.4, 0.5) is 0 Å². The first-order valence-corrected chi connectivity index (χ1v) is 6.73. The lowest BCUT2D eigenvalue weighted by Gasteiger charge is -2.19. The van der Waals surface area contributed by atoms with Gasteiger partial charge in [0.1, 0.15) is 11.5 Å². The van der Waals surface area contributed by atoms with Crippen molar-refractivity contribution in [2.24, 2.45) is 5.92 Å². The summed E-state index contributed by atoms with van der Waals surface area (Å²) in [6, 6.07) is 6.55. The van der Waals surface area contributed by atoms with Gasteiger partial charge in [0.2, 0.25) is 0 Å². The number of benzene rings is 1. The van der Waals surface area contributed by atoms with E-state index in [0.29, 0.717) is 6.04 Å². The van der Waals surface area contributed by atoms with Gasteiger partial charge in [0.05, 0.1) is 14.2 Å². The van der Waals surface area contributed by atoms with E-state index in [-0.39, 0.29) is 0 Å². The molecule has 18 heavy (non-hydrogen) atoms. The molecule has 1 unspecified atom stereocenters. The highest BCUT2D eigenvalue weighted by Gasteiger charge is 2.26. The smallest absolute Gasteiger partial charge is 0.122 e. The van der Waals surface area contributed by atoms with E-state index in [1.807, 2.05) is 6.07 Å². The summed E-state index contributed by atoms with van der Waals surface area (Å²) in [5, 5.41) is 3.56. The Bertz CT molecular complexity index is 366. The summed E-state index contributed by atoms with van der Waals surface area (Å²) in [5.41, 5.74) is 1.26. The standard InChI is InChI=1S/C15H23NO2/c1-4-16-15(7-11-5-6-11)12-8-13(17-2)10-14(9-12)18-3/h8-11,15-16H,4-7H2,1-3H3. The summed E-state index contributed by atoms with van der Waals surface area (Å²) < 4.78 is 10.7. The summed E-state index contributed by atoms with van der Waals surface area (Å²) in [5.74, 6) is 2.62. The molecule has 3 nitrogen and oxygen atoms in total. The topological polar surface area (TPSA) is 30.5 Å². The van der Waals surface area contributed by atoms with Gasteiger partial charge in [-0.3, -0.25) is 0 Å². The Labute approximate surface area is 109 Å². The highest BCUT2D eigenvalue weighted by molar-refractivity contribution is 5.39. The molecule has 0 radical (unpaired) electrons. The summed E-state index contributed by atoms with van der Waals surface area (Å²) in [7, 11) is 3.39. The fourth-order valence-corrected chi connectivity index (χ4v) is 2.30. The van der Waals surface area contributed by atoms with Gasteiger partial charge in [-0.1, -0.05) is 19.8 Å². The second-order valence-electron chi connectivity index (χ2n) is 4.94. The van der Waals surface area contributed by atoms with Gasteiger partial charge in [0, 0.05) is 12.1 Å². The van der Waals surface area contributed by atoms with Crippen LogP contribution in [-0.4, -0.2) is 20.8 Å². The normalized spacial score (nSPS) is 16.4. The molecule has 1 saturated carbocycles. The predicted octanol–water partition coefficient (Wildman–Crippen LogP) is 3.15. The van der Waals surface area contributed by atoms with Crippen molar-refractivity contribution in [3.05, 3.63) is 23.8 Å². The maximum absolute atomic E-state index is 5.34. The van der Waals surface area contributed by atoms with Crippen molar-refractivity contribution in [1.82, 2.24) is 5.32 Å². The van der Waals surface area contributed by atoms with Gasteiger partial charge in [-0.05, 0) is 36.6 Å². The molecule has 0 aliphatic heterocycles. The van der Waals surface area contributed by atoms with Crippen LogP contribution >= 0.6 is 0 Å². The van der Waals surface area contributed by atoms with Crippen molar-refractivity contribution in [2.75, 3.05) is 20.8 Å². The van der Waals surface area contributed by atoms with Gasteiger partial charge >= 0.3 is 0 Å². The van der Waals surface area contributed by atoms with Crippen LogP contribution in [0, 0.1) is 5.92 Å². The monoisotopic (exact) mass is 249 g/mol. The van der Waals surface area contributed by atoms with Crippen molar-refractivity contribution in [2.45, 2.75) is 32.2 Å². The van der Waals surface area contributed by atoms with Gasteiger partial charge in [0.15, 0.2) is 0 Å². The lowest BCUT2D eigenvalue weighted by Crippen LogP contribution is -2.21. The van der Waals surface area contributed by atoms with Crippen LogP contribution in [-0.2, 0) is 0 Å². The lowest BCUT2D eigenvalue weighted by atomic mass is 10.0. The van der Waals surface area contributed by atoms with E-state index in [2.05, 4.69) is 24.4 Å². The summed E-state index contributed by atoms with van der Waals surface area (Å²) in [6.45, 7) is 3.13. The molecule has 1 aliphatic rings. The number of hydrogen-bond acceptors (Lipinski definition) is 3. The number of ether oxygens (including phenoxy) is 2. The van der Waals surface area contributed by atoms with Gasteiger partial charge in [0.25, 0.3) is 0 Å². The molecule has 0 bridgehead atoms. The highest BCUT2D eigenvalue weighted by atomic mass is 16.5. The van der Waals surface area contributed by atoms with Crippen LogP contribution < -0.4 is 14.8 Å². The fourth-order valence-electron chi connectivity index (χ4n) is 2.30. The zero-order valence-electron chi connectivity index (χ0n) is 11.5. The van der Waals surface area contributed by atoms with Crippen LogP contribution in [0.5, 0.6) is 11.5 Å². The van der Waals surface area contributed by atoms with Crippen LogP contribution in [0.2, 0.25) is 0 Å². The number of nitrogens with one attached hydrogen (secondary N) is 1. The average Bonchev–Trinajstić information content (AvgIpc) is 3.21. The van der Waals surface area contributed by atoms with Gasteiger partial charge in [-0.15, -0.1) is 0 Å². The molecule has 0 spiro atoms. The molecule has 3 heteroatoms. The third-order valence-electron chi connectivity index (χ3n) is 3.49. The van der Waals surface area contributed by atoms with Gasteiger partial charge < -0.3 is 14.8 Å². The van der Waals surface area contributed by atoms with E-state index in [9.17, 15) is 0 Å². The molecular weight excluding hydrogens is 226 g/mol. The Morgan fingerprint density at radius 1 is 1.17 bits per heavy atom. The van der Waals surface area contributed by atoms with E-state index in [0.717, 1.165) is 24.0 Å². The fraction of sp³-hybridized carbons (Fsp3) is 0.600. The van der Waals surface area contributed by atoms with Crippen molar-refractivity contribution in [3.63, 3.8) is 0 Å². The third kappa shape index (κ3) is 3.39. The van der Waals surface area contributed by atoms with E-state index in [1.165, 1.54) is 24.8 Å². The molecule has 1 atom stereocenters. The first kappa shape index (κ1) is 13.2. The Morgan fingerprint density at radius 2 is 1.78 bits per heavy atom. The van der Waals surface area contributed by atoms with E-state index < -0.39 is 0 Å². The predicted molar refractivity (Wildman–Crippen MR) is 73.3 cm³/mol. The molecular formula is C15H23NO2. The van der Waals surface area contributed by atoms with Gasteiger partial charge in [-0.2, -0.15) is 0 Å². The number of rotatable bonds is 7. The molecule has 0 heterocycles. The third-order valence-corrected chi connectivity index (χ3v) is 3.49. The molecule has 1 fully saturated rings. The SMILES string of the molecule is CCNC(CC1CC1)c1cc(OC)cc(OC)c1. The second kappa shape index (κ2) is 6.10.